The maximum Gasteiger partial charge on any atom is 0.257 e. The van der Waals surface area contributed by atoms with E-state index in [1.54, 1.807) is 23.5 Å². The highest BCUT2D eigenvalue weighted by Gasteiger charge is 2.22. The number of aromatic nitrogens is 4. The second-order valence-electron chi connectivity index (χ2n) is 11.0. The van der Waals surface area contributed by atoms with E-state index in [0.717, 1.165) is 73.9 Å². The van der Waals surface area contributed by atoms with E-state index in [-0.39, 0.29) is 5.91 Å². The summed E-state index contributed by atoms with van der Waals surface area (Å²) in [6.45, 7) is 1.59. The van der Waals surface area contributed by atoms with Crippen molar-refractivity contribution in [3.05, 3.63) is 64.4 Å². The molecule has 3 heterocycles. The molecule has 8 nitrogen and oxygen atoms in total. The van der Waals surface area contributed by atoms with Gasteiger partial charge in [0.15, 0.2) is 11.0 Å². The summed E-state index contributed by atoms with van der Waals surface area (Å²) in [6, 6.07) is 13.3. The van der Waals surface area contributed by atoms with Crippen molar-refractivity contribution in [2.45, 2.75) is 70.8 Å². The first-order chi connectivity index (χ1) is 19.7. The first-order valence-corrected chi connectivity index (χ1v) is 15.3. The molecule has 40 heavy (non-hydrogen) atoms. The highest BCUT2D eigenvalue weighted by atomic mass is 32.1. The molecule has 0 atom stereocenters. The fourth-order valence-corrected chi connectivity index (χ4v) is 6.54. The van der Waals surface area contributed by atoms with Gasteiger partial charge in [0.2, 0.25) is 0 Å². The van der Waals surface area contributed by atoms with Crippen molar-refractivity contribution < 1.29 is 14.3 Å². The number of nitrogens with one attached hydrogen (secondary N) is 1. The van der Waals surface area contributed by atoms with Gasteiger partial charge in [-0.3, -0.25) is 10.1 Å². The van der Waals surface area contributed by atoms with E-state index in [2.05, 4.69) is 25.1 Å². The highest BCUT2D eigenvalue weighted by molar-refractivity contribution is 7.15. The summed E-state index contributed by atoms with van der Waals surface area (Å²) in [5, 5.41) is 12.5. The Balaban J connectivity index is 1.10. The van der Waals surface area contributed by atoms with Crippen molar-refractivity contribution in [3.63, 3.8) is 0 Å². The number of aryl methyl sites for hydroxylation is 3. The number of thiazole rings is 1. The average molecular weight is 556 g/mol. The minimum absolute atomic E-state index is 0.212. The summed E-state index contributed by atoms with van der Waals surface area (Å²) in [7, 11) is 0. The molecule has 3 aliphatic rings. The third-order valence-electron chi connectivity index (χ3n) is 7.91. The van der Waals surface area contributed by atoms with Crippen LogP contribution >= 0.6 is 11.3 Å². The number of nitrogens with zero attached hydrogens (tertiary/aromatic N) is 4. The van der Waals surface area contributed by atoms with E-state index in [1.807, 2.05) is 30.3 Å². The molecule has 0 unspecified atom stereocenters. The lowest BCUT2D eigenvalue weighted by molar-refractivity contribution is 0.102. The molecule has 1 fully saturated rings. The zero-order valence-corrected chi connectivity index (χ0v) is 23.3. The topological polar surface area (TPSA) is 91.2 Å². The predicted molar refractivity (Wildman–Crippen MR) is 154 cm³/mol. The first kappa shape index (κ1) is 25.3. The van der Waals surface area contributed by atoms with Crippen LogP contribution in [0, 0.1) is 5.92 Å². The molecule has 0 radical (unpaired) electrons. The summed E-state index contributed by atoms with van der Waals surface area (Å²) in [5.74, 6) is 4.38. The number of hydrogen-bond acceptors (Lipinski definition) is 7. The maximum absolute atomic E-state index is 13.3. The number of carbonyl (C=O) groups is 1. The Bertz CT molecular complexity index is 1500. The van der Waals surface area contributed by atoms with Crippen LogP contribution in [0.4, 0.5) is 5.13 Å². The lowest BCUT2D eigenvalue weighted by Gasteiger charge is -2.15. The number of amides is 1. The predicted octanol–water partition coefficient (Wildman–Crippen LogP) is 6.84. The third-order valence-corrected chi connectivity index (χ3v) is 8.98. The molecule has 206 valence electrons. The van der Waals surface area contributed by atoms with Crippen molar-refractivity contribution in [3.8, 4) is 28.6 Å². The summed E-state index contributed by atoms with van der Waals surface area (Å²) in [4.78, 5) is 19.3. The lowest BCUT2D eigenvalue weighted by atomic mass is 10.0. The number of anilines is 1. The van der Waals surface area contributed by atoms with Gasteiger partial charge in [0.05, 0.1) is 12.3 Å². The number of carbonyl (C=O) groups excluding carboxylic acids is 1. The minimum Gasteiger partial charge on any atom is -0.493 e. The number of hydrogen-bond donors (Lipinski definition) is 1. The molecule has 0 bridgehead atoms. The quantitative estimate of drug-likeness (QED) is 0.243. The Morgan fingerprint density at radius 2 is 1.77 bits per heavy atom. The van der Waals surface area contributed by atoms with Crippen LogP contribution in [0.2, 0.25) is 0 Å². The Hall–Kier alpha value is -3.72. The smallest absolute Gasteiger partial charge is 0.257 e. The molecule has 1 saturated carbocycles. The normalized spacial score (nSPS) is 16.2. The summed E-state index contributed by atoms with van der Waals surface area (Å²) in [5.41, 5.74) is 2.62. The van der Waals surface area contributed by atoms with Gasteiger partial charge >= 0.3 is 0 Å². The second kappa shape index (κ2) is 11.0. The van der Waals surface area contributed by atoms with E-state index in [4.69, 9.17) is 9.47 Å². The molecule has 0 spiro atoms. The Labute approximate surface area is 237 Å². The fourth-order valence-electron chi connectivity index (χ4n) is 5.50. The maximum atomic E-state index is 13.3. The van der Waals surface area contributed by atoms with Crippen molar-refractivity contribution in [2.24, 2.45) is 5.92 Å². The van der Waals surface area contributed by atoms with Crippen LogP contribution in [0.25, 0.3) is 11.4 Å². The van der Waals surface area contributed by atoms with Crippen LogP contribution in [-0.4, -0.2) is 32.3 Å². The fraction of sp³-hybridized carbons (Fsp3) is 0.419. The summed E-state index contributed by atoms with van der Waals surface area (Å²) in [6.07, 6.45) is 11.3. The van der Waals surface area contributed by atoms with Gasteiger partial charge in [0, 0.05) is 35.0 Å². The molecule has 0 saturated heterocycles. The standard InChI is InChI=1S/C31H33N5O3S/c37-30(33-31-32-26-5-1-2-6-27(26)40-31)22-17-24(38-16-14-20-8-9-20)19-25(18-22)39-23-12-10-21(11-13-23)29-35-34-28-7-3-4-15-36(28)29/h10-13,17-20H,1-9,14-16H2,(H,32,33,37). The zero-order chi connectivity index (χ0) is 26.9. The summed E-state index contributed by atoms with van der Waals surface area (Å²) < 4.78 is 14.5. The van der Waals surface area contributed by atoms with Gasteiger partial charge < -0.3 is 14.0 Å². The van der Waals surface area contributed by atoms with Gasteiger partial charge in [-0.1, -0.05) is 12.8 Å². The van der Waals surface area contributed by atoms with Crippen LogP contribution in [0.15, 0.2) is 42.5 Å². The second-order valence-corrected chi connectivity index (χ2v) is 12.1. The molecule has 9 heteroatoms. The van der Waals surface area contributed by atoms with Gasteiger partial charge in [-0.25, -0.2) is 4.98 Å². The molecule has 2 aromatic heterocycles. The van der Waals surface area contributed by atoms with E-state index >= 15 is 0 Å². The van der Waals surface area contributed by atoms with E-state index < -0.39 is 0 Å². The molecular weight excluding hydrogens is 522 g/mol. The van der Waals surface area contributed by atoms with Crippen LogP contribution in [0.3, 0.4) is 0 Å². The third kappa shape index (κ3) is 5.61. The van der Waals surface area contributed by atoms with E-state index in [1.165, 1.54) is 30.6 Å². The molecule has 1 aliphatic heterocycles. The van der Waals surface area contributed by atoms with Crippen LogP contribution < -0.4 is 14.8 Å². The number of benzene rings is 2. The number of fused-ring (bicyclic) bond motifs is 2. The molecule has 1 N–H and O–H groups in total. The number of ether oxygens (including phenoxy) is 2. The zero-order valence-electron chi connectivity index (χ0n) is 22.5. The molecule has 7 rings (SSSR count). The van der Waals surface area contributed by atoms with Crippen molar-refractivity contribution >= 4 is 22.4 Å². The van der Waals surface area contributed by atoms with E-state index in [9.17, 15) is 4.79 Å². The Morgan fingerprint density at radius 1 is 0.950 bits per heavy atom. The minimum atomic E-state index is -0.212. The van der Waals surface area contributed by atoms with Crippen LogP contribution in [-0.2, 0) is 25.8 Å². The summed E-state index contributed by atoms with van der Waals surface area (Å²) >= 11 is 1.59. The molecule has 2 aromatic carbocycles. The largest absolute Gasteiger partial charge is 0.493 e. The van der Waals surface area contributed by atoms with Crippen LogP contribution in [0.1, 0.15) is 71.7 Å². The van der Waals surface area contributed by atoms with Gasteiger partial charge in [-0.15, -0.1) is 21.5 Å². The monoisotopic (exact) mass is 555 g/mol. The van der Waals surface area contributed by atoms with Crippen molar-refractivity contribution in [1.29, 1.82) is 0 Å². The van der Waals surface area contributed by atoms with Gasteiger partial charge in [-0.2, -0.15) is 0 Å². The first-order valence-electron chi connectivity index (χ1n) is 14.5. The Morgan fingerprint density at radius 3 is 2.62 bits per heavy atom. The van der Waals surface area contributed by atoms with Gasteiger partial charge in [0.1, 0.15) is 23.1 Å². The van der Waals surface area contributed by atoms with Gasteiger partial charge in [-0.05, 0) is 87.3 Å². The average Bonchev–Trinajstić information content (AvgIpc) is 3.55. The van der Waals surface area contributed by atoms with Crippen LogP contribution in [0.5, 0.6) is 17.2 Å². The number of rotatable bonds is 9. The van der Waals surface area contributed by atoms with E-state index in [0.29, 0.717) is 34.6 Å². The van der Waals surface area contributed by atoms with Crippen molar-refractivity contribution in [2.75, 3.05) is 11.9 Å². The highest BCUT2D eigenvalue weighted by Crippen LogP contribution is 2.34. The van der Waals surface area contributed by atoms with Gasteiger partial charge in [0.25, 0.3) is 5.91 Å². The SMILES string of the molecule is O=C(Nc1nc2c(s1)CCCC2)c1cc(OCCC2CC2)cc(Oc2ccc(-c3nnc4n3CCCC4)cc2)c1. The molecule has 4 aromatic rings. The molecule has 2 aliphatic carbocycles. The molecular formula is C31H33N5O3S. The lowest BCUT2D eigenvalue weighted by Crippen LogP contribution is -2.12. The van der Waals surface area contributed by atoms with Crippen molar-refractivity contribution in [1.82, 2.24) is 19.7 Å². The molecule has 1 amide bonds. The Kier molecular flexibility index (Phi) is 6.97.